The largest absolute Gasteiger partial charge is 0.406 e. The number of likely N-dealkylation sites (N-methyl/N-ethyl adjacent to an activating group) is 1. The molecule has 2 N–H and O–H groups in total. The highest BCUT2D eigenvalue weighted by Gasteiger charge is 2.31. The smallest absolute Gasteiger partial charge is 0.352 e. The minimum absolute atomic E-state index is 0. The Balaban J connectivity index is 0.00000392. The predicted molar refractivity (Wildman–Crippen MR) is 108 cm³/mol. The van der Waals surface area contributed by atoms with Gasteiger partial charge in [-0.3, -0.25) is 9.79 Å². The van der Waals surface area contributed by atoms with Gasteiger partial charge in [-0.25, -0.2) is 9.37 Å². The van der Waals surface area contributed by atoms with Crippen LogP contribution in [0.25, 0.3) is 0 Å². The first-order valence-electron chi connectivity index (χ1n) is 8.33. The van der Waals surface area contributed by atoms with Crippen LogP contribution in [0.3, 0.4) is 0 Å². The van der Waals surface area contributed by atoms with Crippen LogP contribution in [0.1, 0.15) is 6.42 Å². The summed E-state index contributed by atoms with van der Waals surface area (Å²) in [5.74, 6) is -0.552. The normalized spacial score (nSPS) is 17.1. The highest BCUT2D eigenvalue weighted by atomic mass is 127. The van der Waals surface area contributed by atoms with Crippen molar-refractivity contribution in [3.05, 3.63) is 24.1 Å². The predicted octanol–water partition coefficient (Wildman–Crippen LogP) is 1.60. The van der Waals surface area contributed by atoms with E-state index in [1.165, 1.54) is 25.4 Å². The van der Waals surface area contributed by atoms with Gasteiger partial charge in [0, 0.05) is 39.4 Å². The monoisotopic (exact) mass is 518 g/mol. The number of rotatable bonds is 5. The molecular formula is C16H23F4IN6O. The fraction of sp³-hybridized carbons (Fsp3) is 0.562. The molecule has 1 atom stereocenters. The second-order valence-electron chi connectivity index (χ2n) is 6.18. The summed E-state index contributed by atoms with van der Waals surface area (Å²) in [4.78, 5) is 22.2. The van der Waals surface area contributed by atoms with Crippen molar-refractivity contribution in [2.45, 2.75) is 18.6 Å². The van der Waals surface area contributed by atoms with Crippen molar-refractivity contribution >= 4 is 41.7 Å². The van der Waals surface area contributed by atoms with Crippen molar-refractivity contribution in [1.29, 1.82) is 0 Å². The topological polar surface area (TPSA) is 72.9 Å². The van der Waals surface area contributed by atoms with Crippen LogP contribution in [0.2, 0.25) is 0 Å². The van der Waals surface area contributed by atoms with E-state index in [-0.39, 0.29) is 48.3 Å². The third-order valence-corrected chi connectivity index (χ3v) is 4.04. The van der Waals surface area contributed by atoms with Crippen LogP contribution in [0, 0.1) is 5.82 Å². The van der Waals surface area contributed by atoms with Crippen LogP contribution < -0.4 is 15.5 Å². The number of nitrogens with zero attached hydrogens (tertiary/aromatic N) is 4. The Kier molecular flexibility index (Phi) is 9.17. The summed E-state index contributed by atoms with van der Waals surface area (Å²) in [6, 6.07) is 2.79. The first-order chi connectivity index (χ1) is 12.7. The molecule has 1 fully saturated rings. The molecule has 158 valence electrons. The number of hydrogen-bond donors (Lipinski definition) is 2. The molecule has 1 unspecified atom stereocenters. The SMILES string of the molecule is CN=C(NCC(=O)N(C)CC(F)(F)F)NC1CCN(c2ncccc2F)C1.I. The summed E-state index contributed by atoms with van der Waals surface area (Å²) in [5, 5.41) is 5.78. The maximum absolute atomic E-state index is 13.8. The van der Waals surface area contributed by atoms with Crippen LogP contribution in [0.5, 0.6) is 0 Å². The number of hydrogen-bond acceptors (Lipinski definition) is 4. The quantitative estimate of drug-likeness (QED) is 0.268. The van der Waals surface area contributed by atoms with Gasteiger partial charge in [0.2, 0.25) is 5.91 Å². The van der Waals surface area contributed by atoms with Crippen LogP contribution in [-0.4, -0.2) is 74.2 Å². The second kappa shape index (κ2) is 10.6. The summed E-state index contributed by atoms with van der Waals surface area (Å²) < 4.78 is 50.8. The molecule has 0 bridgehead atoms. The molecule has 0 saturated carbocycles. The fourth-order valence-corrected chi connectivity index (χ4v) is 2.72. The number of amides is 1. The molecule has 12 heteroatoms. The minimum Gasteiger partial charge on any atom is -0.352 e. The van der Waals surface area contributed by atoms with Crippen LogP contribution >= 0.6 is 24.0 Å². The van der Waals surface area contributed by atoms with E-state index < -0.39 is 24.4 Å². The Labute approximate surface area is 177 Å². The first kappa shape index (κ1) is 24.2. The molecule has 2 heterocycles. The summed E-state index contributed by atoms with van der Waals surface area (Å²) >= 11 is 0. The number of carbonyl (C=O) groups excluding carboxylic acids is 1. The molecule has 1 aromatic rings. The number of carbonyl (C=O) groups is 1. The van der Waals surface area contributed by atoms with E-state index in [0.717, 1.165) is 7.05 Å². The number of anilines is 1. The van der Waals surface area contributed by atoms with Crippen LogP contribution in [-0.2, 0) is 4.79 Å². The zero-order valence-electron chi connectivity index (χ0n) is 15.5. The van der Waals surface area contributed by atoms with Crippen molar-refractivity contribution in [2.75, 3.05) is 45.2 Å². The second-order valence-corrected chi connectivity index (χ2v) is 6.18. The Bertz CT molecular complexity index is 687. The molecule has 0 aromatic carbocycles. The van der Waals surface area contributed by atoms with Gasteiger partial charge >= 0.3 is 6.18 Å². The van der Waals surface area contributed by atoms with Gasteiger partial charge in [0.15, 0.2) is 17.6 Å². The van der Waals surface area contributed by atoms with E-state index in [1.807, 2.05) is 0 Å². The average molecular weight is 518 g/mol. The number of guanidine groups is 1. The van der Waals surface area contributed by atoms with Crippen molar-refractivity contribution in [3.8, 4) is 0 Å². The van der Waals surface area contributed by atoms with Crippen LogP contribution in [0.15, 0.2) is 23.3 Å². The Morgan fingerprint density at radius 3 is 2.79 bits per heavy atom. The number of alkyl halides is 3. The van der Waals surface area contributed by atoms with E-state index in [4.69, 9.17) is 0 Å². The number of pyridine rings is 1. The molecule has 1 aromatic heterocycles. The molecule has 0 spiro atoms. The molecule has 1 aliphatic heterocycles. The third-order valence-electron chi connectivity index (χ3n) is 4.04. The van der Waals surface area contributed by atoms with Gasteiger partial charge in [0.25, 0.3) is 0 Å². The molecule has 28 heavy (non-hydrogen) atoms. The number of halogens is 5. The Hall–Kier alpha value is -1.86. The molecule has 2 rings (SSSR count). The van der Waals surface area contributed by atoms with Gasteiger partial charge in [-0.1, -0.05) is 0 Å². The van der Waals surface area contributed by atoms with E-state index in [2.05, 4.69) is 20.6 Å². The van der Waals surface area contributed by atoms with Crippen molar-refractivity contribution in [1.82, 2.24) is 20.5 Å². The summed E-state index contributed by atoms with van der Waals surface area (Å²) in [5.41, 5.74) is 0. The van der Waals surface area contributed by atoms with Gasteiger partial charge in [-0.05, 0) is 18.6 Å². The number of aromatic nitrogens is 1. The molecule has 0 radical (unpaired) electrons. The van der Waals surface area contributed by atoms with Gasteiger partial charge < -0.3 is 20.4 Å². The van der Waals surface area contributed by atoms with E-state index in [9.17, 15) is 22.4 Å². The lowest BCUT2D eigenvalue weighted by Crippen LogP contribution is -2.48. The van der Waals surface area contributed by atoms with E-state index in [1.54, 1.807) is 4.90 Å². The van der Waals surface area contributed by atoms with Crippen molar-refractivity contribution < 1.29 is 22.4 Å². The number of aliphatic imine (C=N–C) groups is 1. The van der Waals surface area contributed by atoms with Crippen molar-refractivity contribution in [2.24, 2.45) is 4.99 Å². The van der Waals surface area contributed by atoms with E-state index >= 15 is 0 Å². The molecule has 1 aliphatic rings. The van der Waals surface area contributed by atoms with Gasteiger partial charge in [-0.2, -0.15) is 13.2 Å². The Morgan fingerprint density at radius 2 is 2.18 bits per heavy atom. The molecular weight excluding hydrogens is 495 g/mol. The zero-order valence-corrected chi connectivity index (χ0v) is 17.8. The zero-order chi connectivity index (χ0) is 20.0. The molecule has 7 nitrogen and oxygen atoms in total. The lowest BCUT2D eigenvalue weighted by atomic mass is 10.3. The molecule has 0 aliphatic carbocycles. The van der Waals surface area contributed by atoms with Crippen LogP contribution in [0.4, 0.5) is 23.4 Å². The maximum Gasteiger partial charge on any atom is 0.406 e. The molecule has 1 amide bonds. The maximum atomic E-state index is 13.8. The lowest BCUT2D eigenvalue weighted by Gasteiger charge is -2.21. The number of nitrogens with one attached hydrogen (secondary N) is 2. The molecule has 1 saturated heterocycles. The minimum atomic E-state index is -4.45. The summed E-state index contributed by atoms with van der Waals surface area (Å²) in [7, 11) is 2.58. The lowest BCUT2D eigenvalue weighted by molar-refractivity contribution is -0.157. The van der Waals surface area contributed by atoms with E-state index in [0.29, 0.717) is 24.4 Å². The standard InChI is InChI=1S/C16H22F4N6O.HI/c1-21-15(23-8-13(27)25(2)10-16(18,19)20)24-11-5-7-26(9-11)14-12(17)4-3-6-22-14;/h3-4,6,11H,5,7-10H2,1-2H3,(H2,21,23,24);1H. The first-order valence-corrected chi connectivity index (χ1v) is 8.33. The van der Waals surface area contributed by atoms with Gasteiger partial charge in [-0.15, -0.1) is 24.0 Å². The van der Waals surface area contributed by atoms with Gasteiger partial charge in [0.05, 0.1) is 6.54 Å². The summed E-state index contributed by atoms with van der Waals surface area (Å²) in [6.07, 6.45) is -2.24. The van der Waals surface area contributed by atoms with Gasteiger partial charge in [0.1, 0.15) is 6.54 Å². The Morgan fingerprint density at radius 1 is 1.46 bits per heavy atom. The highest BCUT2D eigenvalue weighted by Crippen LogP contribution is 2.20. The highest BCUT2D eigenvalue weighted by molar-refractivity contribution is 14.0. The average Bonchev–Trinajstić information content (AvgIpc) is 3.05. The van der Waals surface area contributed by atoms with Crippen molar-refractivity contribution in [3.63, 3.8) is 0 Å². The third kappa shape index (κ3) is 7.28. The fourth-order valence-electron chi connectivity index (χ4n) is 2.72. The summed E-state index contributed by atoms with van der Waals surface area (Å²) in [6.45, 7) is -0.559.